The zero-order chi connectivity index (χ0) is 12.8. The normalized spacial score (nSPS) is 24.2. The fourth-order valence-corrected chi connectivity index (χ4v) is 2.63. The van der Waals surface area contributed by atoms with Crippen molar-refractivity contribution in [3.8, 4) is 0 Å². The maximum absolute atomic E-state index is 11.7. The average Bonchev–Trinajstić information content (AvgIpc) is 3.22. The third-order valence-corrected chi connectivity index (χ3v) is 4.09. The average molecular weight is 253 g/mol. The summed E-state index contributed by atoms with van der Waals surface area (Å²) < 4.78 is 0. The van der Waals surface area contributed by atoms with Crippen molar-refractivity contribution in [2.24, 2.45) is 0 Å². The summed E-state index contributed by atoms with van der Waals surface area (Å²) in [6, 6.07) is 1.35. The van der Waals surface area contributed by atoms with Crippen molar-refractivity contribution in [3.05, 3.63) is 0 Å². The van der Waals surface area contributed by atoms with Gasteiger partial charge in [0.2, 0.25) is 5.91 Å². The molecule has 104 valence electrons. The molecule has 1 atom stereocenters. The number of likely N-dealkylation sites (N-methyl/N-ethyl adjacent to an activating group) is 1. The fraction of sp³-hybridized carbons (Fsp3) is 0.929. The molecule has 0 aromatic heterocycles. The van der Waals surface area contributed by atoms with Gasteiger partial charge in [0.15, 0.2) is 0 Å². The summed E-state index contributed by atoms with van der Waals surface area (Å²) in [6.07, 6.45) is 8.16. The van der Waals surface area contributed by atoms with Crippen LogP contribution in [0.4, 0.5) is 0 Å². The number of carbonyl (C=O) groups excluding carboxylic acids is 1. The van der Waals surface area contributed by atoms with E-state index < -0.39 is 0 Å². The van der Waals surface area contributed by atoms with Crippen LogP contribution in [0.1, 0.15) is 44.9 Å². The maximum atomic E-state index is 11.7. The lowest BCUT2D eigenvalue weighted by atomic mass is 10.0. The SMILES string of the molecule is CN(CCNC(=O)CCC1CCCCN1)C1CC1. The highest BCUT2D eigenvalue weighted by molar-refractivity contribution is 5.75. The number of hydrogen-bond donors (Lipinski definition) is 2. The number of nitrogens with zero attached hydrogens (tertiary/aromatic N) is 1. The Morgan fingerprint density at radius 1 is 1.33 bits per heavy atom. The molecule has 4 nitrogen and oxygen atoms in total. The van der Waals surface area contributed by atoms with E-state index in [4.69, 9.17) is 0 Å². The summed E-state index contributed by atoms with van der Waals surface area (Å²) in [5, 5.41) is 6.51. The molecule has 1 aliphatic carbocycles. The quantitative estimate of drug-likeness (QED) is 0.714. The lowest BCUT2D eigenvalue weighted by molar-refractivity contribution is -0.121. The first-order valence-electron chi connectivity index (χ1n) is 7.46. The number of amides is 1. The molecule has 1 saturated carbocycles. The van der Waals surface area contributed by atoms with Gasteiger partial charge in [0.1, 0.15) is 0 Å². The minimum atomic E-state index is 0.214. The predicted octanol–water partition coefficient (Wildman–Crippen LogP) is 1.12. The predicted molar refractivity (Wildman–Crippen MR) is 73.5 cm³/mol. The highest BCUT2D eigenvalue weighted by Gasteiger charge is 2.25. The first-order chi connectivity index (χ1) is 8.75. The van der Waals surface area contributed by atoms with E-state index in [1.807, 2.05) is 0 Å². The fourth-order valence-electron chi connectivity index (χ4n) is 2.63. The Kier molecular flexibility index (Phi) is 5.45. The molecule has 4 heteroatoms. The van der Waals surface area contributed by atoms with Gasteiger partial charge < -0.3 is 15.5 Å². The van der Waals surface area contributed by atoms with Gasteiger partial charge in [-0.05, 0) is 45.7 Å². The van der Waals surface area contributed by atoms with Gasteiger partial charge >= 0.3 is 0 Å². The zero-order valence-electron chi connectivity index (χ0n) is 11.6. The Bertz CT molecular complexity index is 260. The van der Waals surface area contributed by atoms with E-state index in [1.54, 1.807) is 0 Å². The van der Waals surface area contributed by atoms with Gasteiger partial charge in [0.05, 0.1) is 0 Å². The summed E-state index contributed by atoms with van der Waals surface area (Å²) in [6.45, 7) is 2.90. The first kappa shape index (κ1) is 13.8. The van der Waals surface area contributed by atoms with Crippen LogP contribution in [0.3, 0.4) is 0 Å². The lowest BCUT2D eigenvalue weighted by Gasteiger charge is -2.23. The van der Waals surface area contributed by atoms with E-state index in [-0.39, 0.29) is 5.91 Å². The molecule has 2 N–H and O–H groups in total. The van der Waals surface area contributed by atoms with Crippen LogP contribution in [0.2, 0.25) is 0 Å². The Morgan fingerprint density at radius 2 is 2.17 bits per heavy atom. The maximum Gasteiger partial charge on any atom is 0.220 e. The molecular weight excluding hydrogens is 226 g/mol. The van der Waals surface area contributed by atoms with Crippen LogP contribution in [0.25, 0.3) is 0 Å². The second-order valence-electron chi connectivity index (χ2n) is 5.75. The summed E-state index contributed by atoms with van der Waals surface area (Å²) in [7, 11) is 2.15. The zero-order valence-corrected chi connectivity index (χ0v) is 11.6. The molecule has 1 amide bonds. The van der Waals surface area contributed by atoms with E-state index in [0.29, 0.717) is 12.5 Å². The molecule has 2 fully saturated rings. The van der Waals surface area contributed by atoms with Gasteiger partial charge in [-0.2, -0.15) is 0 Å². The van der Waals surface area contributed by atoms with Gasteiger partial charge in [-0.25, -0.2) is 0 Å². The van der Waals surface area contributed by atoms with Crippen molar-refractivity contribution in [2.45, 2.75) is 57.0 Å². The smallest absolute Gasteiger partial charge is 0.220 e. The molecule has 1 unspecified atom stereocenters. The Labute approximate surface area is 110 Å². The van der Waals surface area contributed by atoms with Crippen LogP contribution < -0.4 is 10.6 Å². The third-order valence-electron chi connectivity index (χ3n) is 4.09. The van der Waals surface area contributed by atoms with Crippen LogP contribution in [0, 0.1) is 0 Å². The molecule has 0 aromatic carbocycles. The topological polar surface area (TPSA) is 44.4 Å². The second-order valence-corrected chi connectivity index (χ2v) is 5.75. The first-order valence-corrected chi connectivity index (χ1v) is 7.46. The number of hydrogen-bond acceptors (Lipinski definition) is 3. The summed E-state index contributed by atoms with van der Waals surface area (Å²) in [4.78, 5) is 14.0. The number of nitrogens with one attached hydrogen (secondary N) is 2. The summed E-state index contributed by atoms with van der Waals surface area (Å²) in [5.74, 6) is 0.214. The Morgan fingerprint density at radius 3 is 2.83 bits per heavy atom. The van der Waals surface area contributed by atoms with Gasteiger partial charge in [0.25, 0.3) is 0 Å². The van der Waals surface area contributed by atoms with Gasteiger partial charge in [-0.15, -0.1) is 0 Å². The monoisotopic (exact) mass is 253 g/mol. The largest absolute Gasteiger partial charge is 0.355 e. The van der Waals surface area contributed by atoms with E-state index >= 15 is 0 Å². The molecule has 1 aliphatic heterocycles. The standard InChI is InChI=1S/C14H27N3O/c1-17(13-6-7-13)11-10-16-14(18)8-5-12-4-2-3-9-15-12/h12-13,15H,2-11H2,1H3,(H,16,18). The van der Waals surface area contributed by atoms with Crippen molar-refractivity contribution in [3.63, 3.8) is 0 Å². The lowest BCUT2D eigenvalue weighted by Crippen LogP contribution is -2.37. The summed E-state index contributed by atoms with van der Waals surface area (Å²) in [5.41, 5.74) is 0. The minimum Gasteiger partial charge on any atom is -0.355 e. The van der Waals surface area contributed by atoms with Crippen molar-refractivity contribution >= 4 is 5.91 Å². The van der Waals surface area contributed by atoms with Crippen molar-refractivity contribution in [1.82, 2.24) is 15.5 Å². The summed E-state index contributed by atoms with van der Waals surface area (Å²) >= 11 is 0. The molecular formula is C14H27N3O. The Balaban J connectivity index is 1.48. The molecule has 0 aromatic rings. The van der Waals surface area contributed by atoms with Crippen LogP contribution >= 0.6 is 0 Å². The highest BCUT2D eigenvalue weighted by atomic mass is 16.1. The number of carbonyl (C=O) groups is 1. The van der Waals surface area contributed by atoms with Gasteiger partial charge in [0, 0.05) is 31.6 Å². The molecule has 18 heavy (non-hydrogen) atoms. The van der Waals surface area contributed by atoms with Crippen molar-refractivity contribution in [2.75, 3.05) is 26.7 Å². The van der Waals surface area contributed by atoms with Crippen LogP contribution in [0.5, 0.6) is 0 Å². The molecule has 2 rings (SSSR count). The van der Waals surface area contributed by atoms with Crippen LogP contribution in [-0.4, -0.2) is 49.6 Å². The van der Waals surface area contributed by atoms with E-state index in [0.717, 1.165) is 32.1 Å². The molecule has 0 spiro atoms. The molecule has 1 heterocycles. The molecule has 0 bridgehead atoms. The Hall–Kier alpha value is -0.610. The second kappa shape index (κ2) is 7.10. The van der Waals surface area contributed by atoms with Crippen molar-refractivity contribution < 1.29 is 4.79 Å². The molecule has 2 aliphatic rings. The van der Waals surface area contributed by atoms with E-state index in [1.165, 1.54) is 32.1 Å². The van der Waals surface area contributed by atoms with E-state index in [9.17, 15) is 4.79 Å². The van der Waals surface area contributed by atoms with Crippen molar-refractivity contribution in [1.29, 1.82) is 0 Å². The van der Waals surface area contributed by atoms with Crippen LogP contribution in [0.15, 0.2) is 0 Å². The minimum absolute atomic E-state index is 0.214. The molecule has 1 saturated heterocycles. The van der Waals surface area contributed by atoms with Crippen LogP contribution in [-0.2, 0) is 4.79 Å². The third kappa shape index (κ3) is 4.94. The molecule has 0 radical (unpaired) electrons. The van der Waals surface area contributed by atoms with Gasteiger partial charge in [-0.1, -0.05) is 6.42 Å². The van der Waals surface area contributed by atoms with Gasteiger partial charge in [-0.3, -0.25) is 4.79 Å². The number of piperidine rings is 1. The number of rotatable bonds is 7. The van der Waals surface area contributed by atoms with E-state index in [2.05, 4.69) is 22.6 Å². The highest BCUT2D eigenvalue weighted by Crippen LogP contribution is 2.24.